The summed E-state index contributed by atoms with van der Waals surface area (Å²) in [7, 11) is 0. The minimum atomic E-state index is -0.446. The Bertz CT molecular complexity index is 772. The number of ether oxygens (including phenoxy) is 1. The minimum absolute atomic E-state index is 0.00682. The molecule has 0 saturated heterocycles. The molecular formula is C12H11BrN4O3S. The van der Waals surface area contributed by atoms with Crippen molar-refractivity contribution in [1.82, 2.24) is 14.9 Å². The zero-order chi connectivity index (χ0) is 15.4. The van der Waals surface area contributed by atoms with Crippen LogP contribution in [0.15, 0.2) is 32.7 Å². The summed E-state index contributed by atoms with van der Waals surface area (Å²) in [5.41, 5.74) is 0.180. The number of aromatic nitrogens is 3. The highest BCUT2D eigenvalue weighted by atomic mass is 79.9. The van der Waals surface area contributed by atoms with Crippen molar-refractivity contribution in [3.63, 3.8) is 0 Å². The van der Waals surface area contributed by atoms with Crippen LogP contribution in [0.5, 0.6) is 11.5 Å². The number of hydrogen-bond acceptors (Lipinski definition) is 6. The van der Waals surface area contributed by atoms with Crippen LogP contribution in [0, 0.1) is 4.77 Å². The lowest BCUT2D eigenvalue weighted by atomic mass is 10.2. The third-order valence-electron chi connectivity index (χ3n) is 2.41. The normalized spacial score (nSPS) is 11.0. The van der Waals surface area contributed by atoms with Crippen molar-refractivity contribution >= 4 is 34.4 Å². The molecule has 7 nitrogen and oxygen atoms in total. The van der Waals surface area contributed by atoms with Crippen LogP contribution in [0.4, 0.5) is 0 Å². The molecule has 0 unspecified atom stereocenters. The first kappa shape index (κ1) is 15.4. The summed E-state index contributed by atoms with van der Waals surface area (Å²) >= 11 is 8.15. The van der Waals surface area contributed by atoms with E-state index in [-0.39, 0.29) is 10.5 Å². The van der Waals surface area contributed by atoms with Crippen molar-refractivity contribution in [2.45, 2.75) is 6.92 Å². The largest absolute Gasteiger partial charge is 0.503 e. The number of phenolic OH excluding ortho intramolecular Hbond substituents is 1. The second-order valence-electron chi connectivity index (χ2n) is 3.85. The highest BCUT2D eigenvalue weighted by Gasteiger charge is 2.08. The number of aromatic hydroxyl groups is 1. The van der Waals surface area contributed by atoms with Crippen LogP contribution in [0.25, 0.3) is 0 Å². The van der Waals surface area contributed by atoms with Gasteiger partial charge >= 0.3 is 0 Å². The Labute approximate surface area is 133 Å². The summed E-state index contributed by atoms with van der Waals surface area (Å²) in [5, 5.41) is 19.9. The molecule has 0 aliphatic heterocycles. The summed E-state index contributed by atoms with van der Waals surface area (Å²) in [4.78, 5) is 11.6. The van der Waals surface area contributed by atoms with E-state index in [0.717, 1.165) is 10.9 Å². The first-order chi connectivity index (χ1) is 10.0. The molecule has 1 aromatic heterocycles. The topological polar surface area (TPSA) is 92.5 Å². The van der Waals surface area contributed by atoms with Crippen LogP contribution in [0.1, 0.15) is 12.5 Å². The smallest absolute Gasteiger partial charge is 0.293 e. The Morgan fingerprint density at radius 3 is 3.05 bits per heavy atom. The van der Waals surface area contributed by atoms with E-state index in [4.69, 9.17) is 17.0 Å². The number of aromatic amines is 1. The molecule has 21 heavy (non-hydrogen) atoms. The zero-order valence-electron chi connectivity index (χ0n) is 10.9. The van der Waals surface area contributed by atoms with Crippen LogP contribution in [0.3, 0.4) is 0 Å². The van der Waals surface area contributed by atoms with E-state index < -0.39 is 5.56 Å². The van der Waals surface area contributed by atoms with Gasteiger partial charge in [0.1, 0.15) is 6.20 Å². The van der Waals surface area contributed by atoms with Crippen LogP contribution in [-0.4, -0.2) is 32.8 Å². The first-order valence-corrected chi connectivity index (χ1v) is 7.09. The molecule has 0 saturated carbocycles. The fourth-order valence-electron chi connectivity index (χ4n) is 1.51. The van der Waals surface area contributed by atoms with E-state index in [0.29, 0.717) is 22.4 Å². The van der Waals surface area contributed by atoms with Gasteiger partial charge in [0, 0.05) is 0 Å². The van der Waals surface area contributed by atoms with Crippen molar-refractivity contribution in [2.24, 2.45) is 5.10 Å². The molecule has 2 N–H and O–H groups in total. The van der Waals surface area contributed by atoms with Crippen molar-refractivity contribution in [3.8, 4) is 11.5 Å². The van der Waals surface area contributed by atoms with Crippen molar-refractivity contribution in [3.05, 3.63) is 43.5 Å². The van der Waals surface area contributed by atoms with Gasteiger partial charge < -0.3 is 9.84 Å². The fraction of sp³-hybridized carbons (Fsp3) is 0.167. The van der Waals surface area contributed by atoms with Crippen molar-refractivity contribution in [1.29, 1.82) is 0 Å². The summed E-state index contributed by atoms with van der Waals surface area (Å²) in [5.74, 6) is 0.327. The molecule has 0 spiro atoms. The third kappa shape index (κ3) is 3.56. The van der Waals surface area contributed by atoms with Crippen LogP contribution in [0.2, 0.25) is 0 Å². The Balaban J connectivity index is 2.42. The lowest BCUT2D eigenvalue weighted by Gasteiger charge is -2.08. The molecule has 1 aromatic carbocycles. The van der Waals surface area contributed by atoms with E-state index in [9.17, 15) is 9.90 Å². The molecule has 0 radical (unpaired) electrons. The first-order valence-electron chi connectivity index (χ1n) is 5.89. The van der Waals surface area contributed by atoms with E-state index in [1.165, 1.54) is 6.21 Å². The maximum absolute atomic E-state index is 11.6. The molecule has 0 atom stereocenters. The molecule has 0 fully saturated rings. The maximum atomic E-state index is 11.6. The number of rotatable bonds is 4. The van der Waals surface area contributed by atoms with E-state index >= 15 is 0 Å². The van der Waals surface area contributed by atoms with E-state index in [2.05, 4.69) is 31.2 Å². The number of halogens is 1. The molecule has 0 aliphatic carbocycles. The Hall–Kier alpha value is -2.00. The second-order valence-corrected chi connectivity index (χ2v) is 5.09. The van der Waals surface area contributed by atoms with Crippen LogP contribution in [-0.2, 0) is 0 Å². The number of nitrogens with one attached hydrogen (secondary N) is 1. The number of phenols is 1. The summed E-state index contributed by atoms with van der Waals surface area (Å²) in [6, 6.07) is 3.24. The van der Waals surface area contributed by atoms with Gasteiger partial charge in [0.25, 0.3) is 5.56 Å². The van der Waals surface area contributed by atoms with Gasteiger partial charge in [-0.05, 0) is 52.8 Å². The summed E-state index contributed by atoms with van der Waals surface area (Å²) < 4.78 is 6.86. The molecule has 9 heteroatoms. The second kappa shape index (κ2) is 6.64. The number of hydrogen-bond donors (Lipinski definition) is 2. The number of H-pyrrole nitrogens is 1. The van der Waals surface area contributed by atoms with Gasteiger partial charge in [0.15, 0.2) is 11.5 Å². The van der Waals surface area contributed by atoms with Gasteiger partial charge in [-0.1, -0.05) is 0 Å². The maximum Gasteiger partial charge on any atom is 0.293 e. The van der Waals surface area contributed by atoms with Gasteiger partial charge in [0.2, 0.25) is 4.77 Å². The fourth-order valence-corrected chi connectivity index (χ4v) is 2.16. The Morgan fingerprint density at radius 2 is 2.38 bits per heavy atom. The zero-order valence-corrected chi connectivity index (χ0v) is 13.3. The molecule has 2 aromatic rings. The average molecular weight is 371 g/mol. The lowest BCUT2D eigenvalue weighted by molar-refractivity contribution is 0.317. The van der Waals surface area contributed by atoms with Crippen molar-refractivity contribution in [2.75, 3.05) is 6.61 Å². The van der Waals surface area contributed by atoms with Gasteiger partial charge in [-0.25, -0.2) is 0 Å². The summed E-state index contributed by atoms with van der Waals surface area (Å²) in [6.07, 6.45) is 2.50. The van der Waals surface area contributed by atoms with Gasteiger partial charge in [0.05, 0.1) is 17.3 Å². The predicted molar refractivity (Wildman–Crippen MR) is 83.6 cm³/mol. The Morgan fingerprint density at radius 1 is 1.62 bits per heavy atom. The molecule has 110 valence electrons. The highest BCUT2D eigenvalue weighted by Crippen LogP contribution is 2.34. The van der Waals surface area contributed by atoms with Gasteiger partial charge in [-0.2, -0.15) is 14.9 Å². The summed E-state index contributed by atoms with van der Waals surface area (Å²) in [6.45, 7) is 2.22. The Kier molecular flexibility index (Phi) is 4.86. The van der Waals surface area contributed by atoms with Crippen LogP contribution < -0.4 is 10.3 Å². The SMILES string of the molecule is CCOc1cc(C=Nn2c(=O)cn[nH]c2=S)cc(Br)c1O. The van der Waals surface area contributed by atoms with Crippen LogP contribution >= 0.6 is 28.1 Å². The number of nitrogens with zero attached hydrogens (tertiary/aromatic N) is 3. The quantitative estimate of drug-likeness (QED) is 0.634. The van der Waals surface area contributed by atoms with Gasteiger partial charge in [-0.15, -0.1) is 0 Å². The molecular weight excluding hydrogens is 360 g/mol. The monoisotopic (exact) mass is 370 g/mol. The van der Waals surface area contributed by atoms with E-state index in [1.54, 1.807) is 12.1 Å². The van der Waals surface area contributed by atoms with E-state index in [1.807, 2.05) is 6.92 Å². The predicted octanol–water partition coefficient (Wildman–Crippen LogP) is 2.05. The molecule has 1 heterocycles. The number of benzene rings is 1. The average Bonchev–Trinajstić information content (AvgIpc) is 2.44. The standard InChI is InChI=1S/C12H11BrN4O3S/c1-2-20-9-4-7(3-8(13)11(9)19)5-15-17-10(18)6-14-16-12(17)21/h3-6,19H,2H2,1H3,(H,16,21). The van der Waals surface area contributed by atoms with Crippen molar-refractivity contribution < 1.29 is 9.84 Å². The highest BCUT2D eigenvalue weighted by molar-refractivity contribution is 9.10. The third-order valence-corrected chi connectivity index (χ3v) is 3.28. The molecule has 0 amide bonds. The molecule has 0 bridgehead atoms. The molecule has 2 rings (SSSR count). The van der Waals surface area contributed by atoms with Gasteiger partial charge in [-0.3, -0.25) is 9.89 Å². The lowest BCUT2D eigenvalue weighted by Crippen LogP contribution is -2.18. The minimum Gasteiger partial charge on any atom is -0.503 e. The molecule has 0 aliphatic rings.